The highest BCUT2D eigenvalue weighted by molar-refractivity contribution is 5.62. The van der Waals surface area contributed by atoms with Crippen molar-refractivity contribution in [1.29, 1.82) is 0 Å². The van der Waals surface area contributed by atoms with Crippen LogP contribution in [0.5, 0.6) is 17.2 Å². The average Bonchev–Trinajstić information content (AvgIpc) is 3.49. The summed E-state index contributed by atoms with van der Waals surface area (Å²) in [6.45, 7) is 2.55. The number of imidazole rings is 1. The normalized spacial score (nSPS) is 10.8. The first-order valence-electron chi connectivity index (χ1n) is 10.8. The Morgan fingerprint density at radius 1 is 0.912 bits per heavy atom. The van der Waals surface area contributed by atoms with Crippen LogP contribution < -0.4 is 14.8 Å². The zero-order valence-corrected chi connectivity index (χ0v) is 18.9. The van der Waals surface area contributed by atoms with Crippen LogP contribution in [0.25, 0.3) is 5.69 Å². The zero-order chi connectivity index (χ0) is 23.3. The summed E-state index contributed by atoms with van der Waals surface area (Å²) in [5, 5.41) is 11.8. The molecule has 3 aromatic carbocycles. The first-order chi connectivity index (χ1) is 16.7. The molecule has 0 spiro atoms. The first kappa shape index (κ1) is 21.3. The summed E-state index contributed by atoms with van der Waals surface area (Å²) in [5.41, 5.74) is 3.81. The second-order valence-corrected chi connectivity index (χ2v) is 7.79. The minimum absolute atomic E-state index is 0.600. The molecule has 8 heteroatoms. The number of rotatable bonds is 8. The van der Waals surface area contributed by atoms with Crippen LogP contribution in [-0.4, -0.2) is 31.7 Å². The lowest BCUT2D eigenvalue weighted by molar-refractivity contribution is 0.413. The van der Waals surface area contributed by atoms with Gasteiger partial charge in [0.25, 0.3) is 0 Å². The van der Waals surface area contributed by atoms with Crippen LogP contribution in [0.1, 0.15) is 11.3 Å². The molecular formula is C26H24N6O2. The van der Waals surface area contributed by atoms with Crippen molar-refractivity contribution in [2.45, 2.75) is 13.5 Å². The Morgan fingerprint density at radius 3 is 2.44 bits per heavy atom. The van der Waals surface area contributed by atoms with E-state index in [1.165, 1.54) is 0 Å². The summed E-state index contributed by atoms with van der Waals surface area (Å²) in [6, 6.07) is 23.5. The highest BCUT2D eigenvalue weighted by atomic mass is 16.5. The van der Waals surface area contributed by atoms with Crippen LogP contribution in [0.2, 0.25) is 0 Å². The molecule has 0 aliphatic rings. The van der Waals surface area contributed by atoms with E-state index < -0.39 is 0 Å². The summed E-state index contributed by atoms with van der Waals surface area (Å²) < 4.78 is 15.2. The number of hydrogen-bond acceptors (Lipinski definition) is 6. The highest BCUT2D eigenvalue weighted by Gasteiger charge is 2.09. The van der Waals surface area contributed by atoms with Crippen molar-refractivity contribution in [3.8, 4) is 22.9 Å². The van der Waals surface area contributed by atoms with Crippen LogP contribution in [0.15, 0.2) is 91.5 Å². The molecular weight excluding hydrogens is 428 g/mol. The molecule has 0 amide bonds. The molecule has 0 saturated carbocycles. The van der Waals surface area contributed by atoms with E-state index in [4.69, 9.17) is 9.47 Å². The maximum atomic E-state index is 5.85. The van der Waals surface area contributed by atoms with Crippen LogP contribution in [-0.2, 0) is 6.54 Å². The standard InChI is InChI=1S/C26H24N6O2/c1-19-15-31(18-27-19)24-13-10-21(14-25(24)33-2)28-26-17-32(30-29-26)16-20-8-11-23(12-9-20)34-22-6-4-3-5-7-22/h3-15,17-18,28H,16H2,1-2H3. The maximum absolute atomic E-state index is 5.85. The van der Waals surface area contributed by atoms with E-state index in [0.717, 1.165) is 39.9 Å². The summed E-state index contributed by atoms with van der Waals surface area (Å²) >= 11 is 0. The third-order valence-electron chi connectivity index (χ3n) is 5.23. The molecule has 2 aromatic heterocycles. The van der Waals surface area contributed by atoms with E-state index in [1.807, 2.05) is 96.7 Å². The number of aryl methyl sites for hydroxylation is 1. The minimum Gasteiger partial charge on any atom is -0.494 e. The molecule has 34 heavy (non-hydrogen) atoms. The van der Waals surface area contributed by atoms with E-state index in [0.29, 0.717) is 12.4 Å². The molecule has 0 saturated heterocycles. The van der Waals surface area contributed by atoms with Crippen molar-refractivity contribution in [2.75, 3.05) is 12.4 Å². The Hall–Kier alpha value is -4.59. The summed E-state index contributed by atoms with van der Waals surface area (Å²) in [5.74, 6) is 2.98. The topological polar surface area (TPSA) is 79.0 Å². The third-order valence-corrected chi connectivity index (χ3v) is 5.23. The van der Waals surface area contributed by atoms with Crippen LogP contribution in [0.4, 0.5) is 11.5 Å². The number of hydrogen-bond donors (Lipinski definition) is 1. The molecule has 5 aromatic rings. The lowest BCUT2D eigenvalue weighted by Crippen LogP contribution is -2.00. The van der Waals surface area contributed by atoms with Gasteiger partial charge >= 0.3 is 0 Å². The average molecular weight is 453 g/mol. The number of aromatic nitrogens is 5. The van der Waals surface area contributed by atoms with Crippen molar-refractivity contribution in [3.63, 3.8) is 0 Å². The maximum Gasteiger partial charge on any atom is 0.172 e. The number of para-hydroxylation sites is 1. The molecule has 0 bridgehead atoms. The predicted molar refractivity (Wildman–Crippen MR) is 130 cm³/mol. The van der Waals surface area contributed by atoms with Crippen molar-refractivity contribution in [1.82, 2.24) is 24.5 Å². The molecule has 0 fully saturated rings. The van der Waals surface area contributed by atoms with Gasteiger partial charge in [0, 0.05) is 18.0 Å². The molecule has 0 radical (unpaired) electrons. The van der Waals surface area contributed by atoms with Gasteiger partial charge in [-0.25, -0.2) is 9.67 Å². The molecule has 1 N–H and O–H groups in total. The number of nitrogens with zero attached hydrogens (tertiary/aromatic N) is 5. The van der Waals surface area contributed by atoms with E-state index in [-0.39, 0.29) is 0 Å². The second-order valence-electron chi connectivity index (χ2n) is 7.79. The smallest absolute Gasteiger partial charge is 0.172 e. The third kappa shape index (κ3) is 4.91. The Balaban J connectivity index is 1.24. The molecule has 170 valence electrons. The van der Waals surface area contributed by atoms with E-state index in [9.17, 15) is 0 Å². The zero-order valence-electron chi connectivity index (χ0n) is 18.9. The van der Waals surface area contributed by atoms with Gasteiger partial charge in [0.1, 0.15) is 17.2 Å². The lowest BCUT2D eigenvalue weighted by atomic mass is 10.2. The van der Waals surface area contributed by atoms with Gasteiger partial charge in [-0.05, 0) is 48.9 Å². The SMILES string of the molecule is COc1cc(Nc2cn(Cc3ccc(Oc4ccccc4)cc3)nn2)ccc1-n1cnc(C)c1. The molecule has 0 aliphatic carbocycles. The van der Waals surface area contributed by atoms with Gasteiger partial charge in [0.05, 0.1) is 37.6 Å². The van der Waals surface area contributed by atoms with Crippen molar-refractivity contribution in [3.05, 3.63) is 103 Å². The van der Waals surface area contributed by atoms with Gasteiger partial charge < -0.3 is 19.4 Å². The van der Waals surface area contributed by atoms with Crippen LogP contribution >= 0.6 is 0 Å². The first-order valence-corrected chi connectivity index (χ1v) is 10.8. The van der Waals surface area contributed by atoms with Gasteiger partial charge in [0.15, 0.2) is 5.82 Å². The van der Waals surface area contributed by atoms with E-state index in [1.54, 1.807) is 18.1 Å². The van der Waals surface area contributed by atoms with Gasteiger partial charge in [0.2, 0.25) is 0 Å². The molecule has 0 unspecified atom stereocenters. The Bertz CT molecular complexity index is 1380. The van der Waals surface area contributed by atoms with Crippen molar-refractivity contribution in [2.24, 2.45) is 0 Å². The summed E-state index contributed by atoms with van der Waals surface area (Å²) in [6.07, 6.45) is 5.59. The van der Waals surface area contributed by atoms with E-state index >= 15 is 0 Å². The minimum atomic E-state index is 0.600. The monoisotopic (exact) mass is 452 g/mol. The second kappa shape index (κ2) is 9.50. The quantitative estimate of drug-likeness (QED) is 0.341. The Labute approximate surface area is 197 Å². The summed E-state index contributed by atoms with van der Waals surface area (Å²) in [7, 11) is 1.65. The van der Waals surface area contributed by atoms with Gasteiger partial charge in [-0.15, -0.1) is 5.10 Å². The number of anilines is 2. The predicted octanol–water partition coefficient (Wildman–Crippen LogP) is 5.37. The fourth-order valence-corrected chi connectivity index (χ4v) is 3.58. The van der Waals surface area contributed by atoms with Crippen LogP contribution in [0, 0.1) is 6.92 Å². The largest absolute Gasteiger partial charge is 0.494 e. The molecule has 0 aliphatic heterocycles. The van der Waals surface area contributed by atoms with Crippen molar-refractivity contribution >= 4 is 11.5 Å². The number of methoxy groups -OCH3 is 1. The molecule has 0 atom stereocenters. The summed E-state index contributed by atoms with van der Waals surface area (Å²) in [4.78, 5) is 4.28. The molecule has 2 heterocycles. The van der Waals surface area contributed by atoms with Gasteiger partial charge in [-0.1, -0.05) is 35.5 Å². The number of ether oxygens (including phenoxy) is 2. The Morgan fingerprint density at radius 2 is 1.71 bits per heavy atom. The number of benzene rings is 3. The highest BCUT2D eigenvalue weighted by Crippen LogP contribution is 2.28. The lowest BCUT2D eigenvalue weighted by Gasteiger charge is -2.11. The Kier molecular flexibility index (Phi) is 5.94. The van der Waals surface area contributed by atoms with Gasteiger partial charge in [-0.2, -0.15) is 0 Å². The number of nitrogens with one attached hydrogen (secondary N) is 1. The van der Waals surface area contributed by atoms with Crippen molar-refractivity contribution < 1.29 is 9.47 Å². The fourth-order valence-electron chi connectivity index (χ4n) is 3.58. The molecule has 8 nitrogen and oxygen atoms in total. The van der Waals surface area contributed by atoms with E-state index in [2.05, 4.69) is 20.6 Å². The molecule has 5 rings (SSSR count). The fraction of sp³-hybridized carbons (Fsp3) is 0.115. The van der Waals surface area contributed by atoms with Crippen LogP contribution in [0.3, 0.4) is 0 Å². The van der Waals surface area contributed by atoms with Gasteiger partial charge in [-0.3, -0.25) is 0 Å².